The summed E-state index contributed by atoms with van der Waals surface area (Å²) in [5.74, 6) is -0.287. The predicted molar refractivity (Wildman–Crippen MR) is 78.9 cm³/mol. The van der Waals surface area contributed by atoms with Crippen LogP contribution in [0, 0.1) is 18.3 Å². The molecule has 1 aromatic heterocycles. The first-order valence-corrected chi connectivity index (χ1v) is 7.71. The molecule has 0 N–H and O–H groups in total. The lowest BCUT2D eigenvalue weighted by molar-refractivity contribution is 0.336. The van der Waals surface area contributed by atoms with Crippen LogP contribution in [0.3, 0.4) is 0 Å². The van der Waals surface area contributed by atoms with Crippen molar-refractivity contribution >= 4 is 17.6 Å². The van der Waals surface area contributed by atoms with Crippen molar-refractivity contribution in [2.24, 2.45) is 4.99 Å². The van der Waals surface area contributed by atoms with Crippen molar-refractivity contribution in [3.05, 3.63) is 16.1 Å². The van der Waals surface area contributed by atoms with Crippen LogP contribution in [0.15, 0.2) is 10.4 Å². The standard InChI is InChI=1S/C14H20N4S/c1-12-11-19-14(17-12)13(9-15)10-16-5-4-8-18-6-2-3-7-18/h10-11,13H,2-8H2,1H3/t13-/m1/s1. The molecule has 1 aliphatic rings. The molecule has 0 spiro atoms. The van der Waals surface area contributed by atoms with E-state index in [1.807, 2.05) is 12.3 Å². The molecular formula is C14H20N4S. The monoisotopic (exact) mass is 276 g/mol. The minimum Gasteiger partial charge on any atom is -0.303 e. The molecule has 0 aromatic carbocycles. The highest BCUT2D eigenvalue weighted by Crippen LogP contribution is 2.18. The number of thiazole rings is 1. The third-order valence-corrected chi connectivity index (χ3v) is 4.30. The van der Waals surface area contributed by atoms with Gasteiger partial charge in [0.25, 0.3) is 0 Å². The molecule has 0 aliphatic carbocycles. The molecule has 1 aromatic rings. The fourth-order valence-corrected chi connectivity index (χ4v) is 3.04. The SMILES string of the molecule is Cc1csc([C@H](C#N)C=NCCCN2CCCC2)n1. The second-order valence-corrected chi connectivity index (χ2v) is 5.78. The highest BCUT2D eigenvalue weighted by atomic mass is 32.1. The van der Waals surface area contributed by atoms with Gasteiger partial charge in [-0.25, -0.2) is 4.98 Å². The quantitative estimate of drug-likeness (QED) is 0.593. The van der Waals surface area contributed by atoms with Gasteiger partial charge in [-0.05, 0) is 45.8 Å². The zero-order valence-electron chi connectivity index (χ0n) is 11.4. The van der Waals surface area contributed by atoms with Gasteiger partial charge in [-0.15, -0.1) is 11.3 Å². The molecule has 1 aliphatic heterocycles. The van der Waals surface area contributed by atoms with Crippen LogP contribution in [0.5, 0.6) is 0 Å². The smallest absolute Gasteiger partial charge is 0.133 e. The summed E-state index contributed by atoms with van der Waals surface area (Å²) < 4.78 is 0. The van der Waals surface area contributed by atoms with Crippen LogP contribution in [-0.2, 0) is 0 Å². The van der Waals surface area contributed by atoms with Crippen LogP contribution in [0.4, 0.5) is 0 Å². The van der Waals surface area contributed by atoms with Crippen molar-refractivity contribution in [2.75, 3.05) is 26.2 Å². The summed E-state index contributed by atoms with van der Waals surface area (Å²) in [6.07, 6.45) is 5.50. The third-order valence-electron chi connectivity index (χ3n) is 3.26. The highest BCUT2D eigenvalue weighted by Gasteiger charge is 2.12. The summed E-state index contributed by atoms with van der Waals surface area (Å²) in [7, 11) is 0. The summed E-state index contributed by atoms with van der Waals surface area (Å²) in [5, 5.41) is 12.0. The number of nitrogens with zero attached hydrogens (tertiary/aromatic N) is 4. The zero-order chi connectivity index (χ0) is 13.5. The van der Waals surface area contributed by atoms with Gasteiger partial charge in [0.05, 0.1) is 6.07 Å². The van der Waals surface area contributed by atoms with Gasteiger partial charge in [0.1, 0.15) is 10.9 Å². The summed E-state index contributed by atoms with van der Waals surface area (Å²) in [5.41, 5.74) is 0.975. The van der Waals surface area contributed by atoms with E-state index in [1.54, 1.807) is 6.21 Å². The highest BCUT2D eigenvalue weighted by molar-refractivity contribution is 7.09. The van der Waals surface area contributed by atoms with Crippen LogP contribution < -0.4 is 0 Å². The summed E-state index contributed by atoms with van der Waals surface area (Å²) in [6, 6.07) is 2.25. The van der Waals surface area contributed by atoms with E-state index in [2.05, 4.69) is 20.9 Å². The molecule has 0 unspecified atom stereocenters. The molecule has 0 radical (unpaired) electrons. The fraction of sp³-hybridized carbons (Fsp3) is 0.643. The Labute approximate surface area is 118 Å². The van der Waals surface area contributed by atoms with Gasteiger partial charge in [-0.3, -0.25) is 4.99 Å². The first-order valence-electron chi connectivity index (χ1n) is 6.83. The first-order chi connectivity index (χ1) is 9.29. The lowest BCUT2D eigenvalue weighted by Gasteiger charge is -2.12. The normalized spacial score (nSPS) is 17.9. The second kappa shape index (κ2) is 7.37. The zero-order valence-corrected chi connectivity index (χ0v) is 12.2. The van der Waals surface area contributed by atoms with Crippen LogP contribution in [0.1, 0.15) is 35.9 Å². The Morgan fingerprint density at radius 3 is 3.00 bits per heavy atom. The molecule has 1 saturated heterocycles. The Morgan fingerprint density at radius 2 is 2.37 bits per heavy atom. The number of hydrogen-bond acceptors (Lipinski definition) is 5. The topological polar surface area (TPSA) is 52.3 Å². The third kappa shape index (κ3) is 4.41. The lowest BCUT2D eigenvalue weighted by atomic mass is 10.2. The van der Waals surface area contributed by atoms with E-state index in [0.717, 1.165) is 30.2 Å². The summed E-state index contributed by atoms with van der Waals surface area (Å²) in [4.78, 5) is 11.2. The Hall–Kier alpha value is -1.25. The van der Waals surface area contributed by atoms with Crippen LogP contribution in [0.25, 0.3) is 0 Å². The van der Waals surface area contributed by atoms with Crippen molar-refractivity contribution in [3.63, 3.8) is 0 Å². The van der Waals surface area contributed by atoms with E-state index in [0.29, 0.717) is 0 Å². The average molecular weight is 276 g/mol. The maximum atomic E-state index is 9.14. The molecule has 1 fully saturated rings. The van der Waals surface area contributed by atoms with E-state index < -0.39 is 0 Å². The Morgan fingerprint density at radius 1 is 1.58 bits per heavy atom. The van der Waals surface area contributed by atoms with Gasteiger partial charge in [-0.1, -0.05) is 0 Å². The number of hydrogen-bond donors (Lipinski definition) is 0. The molecule has 1 atom stereocenters. The van der Waals surface area contributed by atoms with Gasteiger partial charge in [0, 0.05) is 23.8 Å². The number of aliphatic imine (C=N–C) groups is 1. The minimum atomic E-state index is -0.287. The second-order valence-electron chi connectivity index (χ2n) is 4.89. The van der Waals surface area contributed by atoms with Crippen LogP contribution >= 0.6 is 11.3 Å². The maximum Gasteiger partial charge on any atom is 0.133 e. The number of aromatic nitrogens is 1. The average Bonchev–Trinajstić information content (AvgIpc) is 3.05. The number of likely N-dealkylation sites (tertiary alicyclic amines) is 1. The molecule has 2 rings (SSSR count). The Balaban J connectivity index is 1.72. The number of nitriles is 1. The predicted octanol–water partition coefficient (Wildman–Crippen LogP) is 2.62. The van der Waals surface area contributed by atoms with Gasteiger partial charge in [-0.2, -0.15) is 5.26 Å². The molecule has 5 heteroatoms. The Bertz CT molecular complexity index is 454. The fourth-order valence-electron chi connectivity index (χ4n) is 2.24. The maximum absolute atomic E-state index is 9.14. The van der Waals surface area contributed by atoms with E-state index in [4.69, 9.17) is 5.26 Å². The Kier molecular flexibility index (Phi) is 5.49. The van der Waals surface area contributed by atoms with E-state index >= 15 is 0 Å². The number of aryl methyl sites for hydroxylation is 1. The minimum absolute atomic E-state index is 0.287. The van der Waals surface area contributed by atoms with Gasteiger partial charge in [0.15, 0.2) is 0 Å². The van der Waals surface area contributed by atoms with Gasteiger partial charge < -0.3 is 4.90 Å². The van der Waals surface area contributed by atoms with Crippen LogP contribution in [-0.4, -0.2) is 42.3 Å². The lowest BCUT2D eigenvalue weighted by Crippen LogP contribution is -2.20. The van der Waals surface area contributed by atoms with Crippen molar-refractivity contribution in [3.8, 4) is 6.07 Å². The van der Waals surface area contributed by atoms with Crippen molar-refractivity contribution in [1.29, 1.82) is 5.26 Å². The van der Waals surface area contributed by atoms with Crippen molar-refractivity contribution in [1.82, 2.24) is 9.88 Å². The van der Waals surface area contributed by atoms with E-state index in [-0.39, 0.29) is 5.92 Å². The van der Waals surface area contributed by atoms with Crippen LogP contribution in [0.2, 0.25) is 0 Å². The first kappa shape index (κ1) is 14.2. The molecule has 4 nitrogen and oxygen atoms in total. The van der Waals surface area contributed by atoms with Crippen molar-refractivity contribution in [2.45, 2.75) is 32.1 Å². The van der Waals surface area contributed by atoms with E-state index in [9.17, 15) is 0 Å². The van der Waals surface area contributed by atoms with Crippen molar-refractivity contribution < 1.29 is 0 Å². The molecule has 2 heterocycles. The van der Waals surface area contributed by atoms with E-state index in [1.165, 1.54) is 37.3 Å². The van der Waals surface area contributed by atoms with Gasteiger partial charge >= 0.3 is 0 Å². The molecule has 0 amide bonds. The molecule has 0 saturated carbocycles. The summed E-state index contributed by atoms with van der Waals surface area (Å²) >= 11 is 1.53. The molecule has 19 heavy (non-hydrogen) atoms. The van der Waals surface area contributed by atoms with Gasteiger partial charge in [0.2, 0.25) is 0 Å². The largest absolute Gasteiger partial charge is 0.303 e. The molecule has 0 bridgehead atoms. The molecular weight excluding hydrogens is 256 g/mol. The number of rotatable bonds is 6. The summed E-state index contributed by atoms with van der Waals surface area (Å²) in [6.45, 7) is 6.36. The molecule has 102 valence electrons.